The van der Waals surface area contributed by atoms with Crippen LogP contribution in [0.2, 0.25) is 0 Å². The van der Waals surface area contributed by atoms with Crippen LogP contribution in [0.5, 0.6) is 0 Å². The number of rotatable bonds is 4. The Bertz CT molecular complexity index is 267. The Hall–Kier alpha value is -0.160. The van der Waals surface area contributed by atoms with Gasteiger partial charge >= 0.3 is 0 Å². The fourth-order valence-corrected chi connectivity index (χ4v) is 3.93. The molecule has 0 aromatic heterocycles. The molecule has 0 aromatic rings. The molecule has 0 aliphatic carbocycles. The Kier molecular flexibility index (Phi) is 5.23. The standard InChI is InChI=1S/C15H30N2O2/c1-4-18-14-5-7-17(8-6-14)15(11-16)9-12(2)19-13(3)10-15/h12-14H,4-11,16H2,1-3H3. The van der Waals surface area contributed by atoms with E-state index in [4.69, 9.17) is 15.2 Å². The molecule has 2 saturated heterocycles. The third-order valence-corrected chi connectivity index (χ3v) is 4.69. The summed E-state index contributed by atoms with van der Waals surface area (Å²) in [6, 6.07) is 0. The summed E-state index contributed by atoms with van der Waals surface area (Å²) in [4.78, 5) is 2.61. The van der Waals surface area contributed by atoms with Crippen LogP contribution in [0.25, 0.3) is 0 Å². The van der Waals surface area contributed by atoms with Crippen molar-refractivity contribution in [1.29, 1.82) is 0 Å². The van der Waals surface area contributed by atoms with Crippen molar-refractivity contribution in [2.75, 3.05) is 26.2 Å². The van der Waals surface area contributed by atoms with E-state index in [1.165, 1.54) is 0 Å². The van der Waals surface area contributed by atoms with Gasteiger partial charge in [-0.05, 0) is 46.5 Å². The van der Waals surface area contributed by atoms with Crippen molar-refractivity contribution in [3.05, 3.63) is 0 Å². The van der Waals surface area contributed by atoms with E-state index in [0.717, 1.165) is 51.9 Å². The first-order valence-corrected chi connectivity index (χ1v) is 7.82. The number of likely N-dealkylation sites (tertiary alicyclic amines) is 1. The molecule has 0 spiro atoms. The zero-order valence-electron chi connectivity index (χ0n) is 12.7. The number of hydrogen-bond acceptors (Lipinski definition) is 4. The summed E-state index contributed by atoms with van der Waals surface area (Å²) in [5.41, 5.74) is 6.31. The van der Waals surface area contributed by atoms with E-state index in [-0.39, 0.29) is 5.54 Å². The van der Waals surface area contributed by atoms with Crippen molar-refractivity contribution in [2.24, 2.45) is 5.73 Å². The zero-order chi connectivity index (χ0) is 13.9. The molecule has 19 heavy (non-hydrogen) atoms. The van der Waals surface area contributed by atoms with Gasteiger partial charge in [-0.25, -0.2) is 0 Å². The minimum absolute atomic E-state index is 0.147. The number of nitrogens with two attached hydrogens (primary N) is 1. The van der Waals surface area contributed by atoms with Gasteiger partial charge in [0.15, 0.2) is 0 Å². The second-order valence-electron chi connectivity index (χ2n) is 6.24. The quantitative estimate of drug-likeness (QED) is 0.846. The summed E-state index contributed by atoms with van der Waals surface area (Å²) in [5, 5.41) is 0. The SMILES string of the molecule is CCOC1CCN(C2(CN)CC(C)OC(C)C2)CC1. The molecule has 2 fully saturated rings. The van der Waals surface area contributed by atoms with Gasteiger partial charge in [0.05, 0.1) is 18.3 Å². The Balaban J connectivity index is 1.98. The highest BCUT2D eigenvalue weighted by molar-refractivity contribution is 4.99. The fourth-order valence-electron chi connectivity index (χ4n) is 3.93. The van der Waals surface area contributed by atoms with Crippen LogP contribution in [0, 0.1) is 0 Å². The monoisotopic (exact) mass is 270 g/mol. The zero-order valence-corrected chi connectivity index (χ0v) is 12.7. The molecule has 2 aliphatic rings. The maximum Gasteiger partial charge on any atom is 0.0599 e. The van der Waals surface area contributed by atoms with Gasteiger partial charge < -0.3 is 15.2 Å². The van der Waals surface area contributed by atoms with Crippen molar-refractivity contribution in [2.45, 2.75) is 70.3 Å². The predicted octanol–water partition coefficient (Wildman–Crippen LogP) is 1.77. The van der Waals surface area contributed by atoms with Gasteiger partial charge in [-0.15, -0.1) is 0 Å². The van der Waals surface area contributed by atoms with Gasteiger partial charge in [-0.2, -0.15) is 0 Å². The first-order valence-electron chi connectivity index (χ1n) is 7.82. The van der Waals surface area contributed by atoms with Gasteiger partial charge in [0.2, 0.25) is 0 Å². The van der Waals surface area contributed by atoms with E-state index in [2.05, 4.69) is 25.7 Å². The topological polar surface area (TPSA) is 47.7 Å². The Morgan fingerprint density at radius 1 is 1.21 bits per heavy atom. The smallest absolute Gasteiger partial charge is 0.0599 e. The minimum Gasteiger partial charge on any atom is -0.378 e. The van der Waals surface area contributed by atoms with Crippen LogP contribution in [0.1, 0.15) is 46.5 Å². The highest BCUT2D eigenvalue weighted by Crippen LogP contribution is 2.35. The molecular formula is C15H30N2O2. The molecule has 2 aliphatic heterocycles. The average Bonchev–Trinajstić information content (AvgIpc) is 2.38. The van der Waals surface area contributed by atoms with Crippen LogP contribution in [0.15, 0.2) is 0 Å². The molecule has 0 bridgehead atoms. The van der Waals surface area contributed by atoms with E-state index < -0.39 is 0 Å². The van der Waals surface area contributed by atoms with E-state index in [9.17, 15) is 0 Å². The van der Waals surface area contributed by atoms with E-state index >= 15 is 0 Å². The van der Waals surface area contributed by atoms with Crippen LogP contribution >= 0.6 is 0 Å². The predicted molar refractivity (Wildman–Crippen MR) is 77.2 cm³/mol. The van der Waals surface area contributed by atoms with Crippen molar-refractivity contribution in [3.63, 3.8) is 0 Å². The van der Waals surface area contributed by atoms with Crippen LogP contribution in [0.4, 0.5) is 0 Å². The van der Waals surface area contributed by atoms with E-state index in [1.807, 2.05) is 0 Å². The lowest BCUT2D eigenvalue weighted by molar-refractivity contribution is -0.115. The summed E-state index contributed by atoms with van der Waals surface area (Å²) in [5.74, 6) is 0. The van der Waals surface area contributed by atoms with Crippen LogP contribution < -0.4 is 5.73 Å². The molecule has 112 valence electrons. The van der Waals surface area contributed by atoms with Gasteiger partial charge in [0.1, 0.15) is 0 Å². The van der Waals surface area contributed by atoms with Crippen molar-refractivity contribution in [3.8, 4) is 0 Å². The second kappa shape index (κ2) is 6.53. The van der Waals surface area contributed by atoms with Gasteiger partial charge in [0.25, 0.3) is 0 Å². The molecule has 2 heterocycles. The largest absolute Gasteiger partial charge is 0.378 e. The number of ether oxygens (including phenoxy) is 2. The highest BCUT2D eigenvalue weighted by Gasteiger charge is 2.43. The molecule has 2 atom stereocenters. The lowest BCUT2D eigenvalue weighted by Crippen LogP contribution is -2.61. The molecule has 2 unspecified atom stereocenters. The molecule has 2 N–H and O–H groups in total. The molecule has 2 rings (SSSR count). The third kappa shape index (κ3) is 3.48. The van der Waals surface area contributed by atoms with Crippen molar-refractivity contribution >= 4 is 0 Å². The van der Waals surface area contributed by atoms with Crippen LogP contribution in [-0.4, -0.2) is 55.0 Å². The molecule has 0 radical (unpaired) electrons. The summed E-state index contributed by atoms with van der Waals surface area (Å²) in [6.07, 6.45) is 5.48. The summed E-state index contributed by atoms with van der Waals surface area (Å²) in [6.45, 7) is 10.2. The number of piperidine rings is 1. The van der Waals surface area contributed by atoms with Crippen LogP contribution in [-0.2, 0) is 9.47 Å². The van der Waals surface area contributed by atoms with E-state index in [1.54, 1.807) is 0 Å². The summed E-state index contributed by atoms with van der Waals surface area (Å²) < 4.78 is 11.6. The number of nitrogens with zero attached hydrogens (tertiary/aromatic N) is 1. The summed E-state index contributed by atoms with van der Waals surface area (Å²) in [7, 11) is 0. The average molecular weight is 270 g/mol. The first-order chi connectivity index (χ1) is 9.09. The Morgan fingerprint density at radius 3 is 2.26 bits per heavy atom. The van der Waals surface area contributed by atoms with Crippen LogP contribution in [0.3, 0.4) is 0 Å². The third-order valence-electron chi connectivity index (χ3n) is 4.69. The molecule has 0 saturated carbocycles. The van der Waals surface area contributed by atoms with Crippen molar-refractivity contribution < 1.29 is 9.47 Å². The highest BCUT2D eigenvalue weighted by atomic mass is 16.5. The van der Waals surface area contributed by atoms with Gasteiger partial charge in [-0.3, -0.25) is 4.90 Å². The molecule has 4 heteroatoms. The van der Waals surface area contributed by atoms with E-state index in [0.29, 0.717) is 18.3 Å². The fraction of sp³-hybridized carbons (Fsp3) is 1.00. The van der Waals surface area contributed by atoms with Gasteiger partial charge in [-0.1, -0.05) is 0 Å². The number of hydrogen-bond donors (Lipinski definition) is 1. The molecule has 0 amide bonds. The van der Waals surface area contributed by atoms with Crippen molar-refractivity contribution in [1.82, 2.24) is 4.90 Å². The Morgan fingerprint density at radius 2 is 1.79 bits per heavy atom. The molecule has 0 aromatic carbocycles. The summed E-state index contributed by atoms with van der Waals surface area (Å²) >= 11 is 0. The molecule has 4 nitrogen and oxygen atoms in total. The Labute approximate surface area is 117 Å². The maximum atomic E-state index is 6.16. The minimum atomic E-state index is 0.147. The first kappa shape index (κ1) is 15.2. The molecular weight excluding hydrogens is 240 g/mol. The second-order valence-corrected chi connectivity index (χ2v) is 6.24. The lowest BCUT2D eigenvalue weighted by Gasteiger charge is -2.51. The lowest BCUT2D eigenvalue weighted by atomic mass is 9.81. The normalized spacial score (nSPS) is 38.5. The van der Waals surface area contributed by atoms with Gasteiger partial charge in [0, 0.05) is 31.8 Å². The maximum absolute atomic E-state index is 6.16.